The monoisotopic (exact) mass is 473 g/mol. The number of aryl methyl sites for hydroxylation is 1. The van der Waals surface area contributed by atoms with Crippen LogP contribution in [-0.2, 0) is 21.2 Å². The number of carbonyl (C=O) groups excluding carboxylic acids is 1. The molecule has 0 fully saturated rings. The Bertz CT molecular complexity index is 1160. The van der Waals surface area contributed by atoms with Crippen molar-refractivity contribution in [2.24, 2.45) is 0 Å². The van der Waals surface area contributed by atoms with Gasteiger partial charge >= 0.3 is 0 Å². The van der Waals surface area contributed by atoms with E-state index < -0.39 is 22.5 Å². The molecule has 0 heterocycles. The standard InChI is InChI=1S/C24H24ClNO5S/c1-3-18-7-5-6-8-23(18)31-17-24(27)26(20-11-13-21(14-12-20)30-4-2)32(28,29)22-15-9-19(25)10-16-22/h5-16H,3-4,17H2,1-2H3. The second-order valence-electron chi connectivity index (χ2n) is 6.79. The van der Waals surface area contributed by atoms with Crippen molar-refractivity contribution in [1.29, 1.82) is 0 Å². The molecule has 0 aliphatic carbocycles. The van der Waals surface area contributed by atoms with Gasteiger partial charge in [0.1, 0.15) is 11.5 Å². The van der Waals surface area contributed by atoms with Crippen molar-refractivity contribution in [1.82, 2.24) is 0 Å². The van der Waals surface area contributed by atoms with Gasteiger partial charge in [-0.15, -0.1) is 0 Å². The number of benzene rings is 3. The summed E-state index contributed by atoms with van der Waals surface area (Å²) in [7, 11) is -4.21. The zero-order chi connectivity index (χ0) is 23.1. The molecule has 6 nitrogen and oxygen atoms in total. The van der Waals surface area contributed by atoms with Gasteiger partial charge < -0.3 is 9.47 Å². The van der Waals surface area contributed by atoms with Crippen molar-refractivity contribution in [3.63, 3.8) is 0 Å². The summed E-state index contributed by atoms with van der Waals surface area (Å²) in [6, 6.07) is 19.3. The van der Waals surface area contributed by atoms with Crippen LogP contribution in [0.4, 0.5) is 5.69 Å². The van der Waals surface area contributed by atoms with Crippen molar-refractivity contribution in [2.75, 3.05) is 17.5 Å². The highest BCUT2D eigenvalue weighted by Crippen LogP contribution is 2.27. The first kappa shape index (κ1) is 23.6. The van der Waals surface area contributed by atoms with Crippen LogP contribution < -0.4 is 13.8 Å². The van der Waals surface area contributed by atoms with Gasteiger partial charge in [-0.25, -0.2) is 8.42 Å². The third-order valence-electron chi connectivity index (χ3n) is 4.67. The summed E-state index contributed by atoms with van der Waals surface area (Å²) in [6.45, 7) is 3.84. The SMILES string of the molecule is CCOc1ccc(N(C(=O)COc2ccccc2CC)S(=O)(=O)c2ccc(Cl)cc2)cc1. The third kappa shape index (κ3) is 5.41. The topological polar surface area (TPSA) is 72.9 Å². The van der Waals surface area contributed by atoms with Crippen molar-refractivity contribution in [2.45, 2.75) is 25.2 Å². The zero-order valence-electron chi connectivity index (χ0n) is 17.8. The number of rotatable bonds is 9. The second kappa shape index (κ2) is 10.5. The van der Waals surface area contributed by atoms with E-state index in [9.17, 15) is 13.2 Å². The molecule has 0 spiro atoms. The molecule has 168 valence electrons. The predicted octanol–water partition coefficient (Wildman–Crippen LogP) is 5.10. The number of ether oxygens (including phenoxy) is 2. The Morgan fingerprint density at radius 1 is 0.906 bits per heavy atom. The molecule has 0 aliphatic rings. The van der Waals surface area contributed by atoms with E-state index in [4.69, 9.17) is 21.1 Å². The van der Waals surface area contributed by atoms with Gasteiger partial charge in [0.05, 0.1) is 17.2 Å². The van der Waals surface area contributed by atoms with Crippen LogP contribution in [0.2, 0.25) is 5.02 Å². The van der Waals surface area contributed by atoms with E-state index in [1.54, 1.807) is 24.3 Å². The van der Waals surface area contributed by atoms with Crippen LogP contribution in [0, 0.1) is 0 Å². The number of carbonyl (C=O) groups is 1. The molecule has 0 saturated heterocycles. The Morgan fingerprint density at radius 3 is 2.19 bits per heavy atom. The molecule has 0 bridgehead atoms. The van der Waals surface area contributed by atoms with E-state index in [0.717, 1.165) is 16.3 Å². The number of sulfonamides is 1. The molecule has 32 heavy (non-hydrogen) atoms. The van der Waals surface area contributed by atoms with Crippen LogP contribution in [0.5, 0.6) is 11.5 Å². The highest BCUT2D eigenvalue weighted by Gasteiger charge is 2.31. The number of nitrogens with zero attached hydrogens (tertiary/aromatic N) is 1. The third-order valence-corrected chi connectivity index (χ3v) is 6.68. The zero-order valence-corrected chi connectivity index (χ0v) is 19.4. The van der Waals surface area contributed by atoms with E-state index >= 15 is 0 Å². The van der Waals surface area contributed by atoms with Crippen LogP contribution in [0.15, 0.2) is 77.7 Å². The minimum absolute atomic E-state index is 0.0573. The Labute approximate surface area is 193 Å². The molecule has 0 aromatic heterocycles. The van der Waals surface area contributed by atoms with Crippen LogP contribution in [-0.4, -0.2) is 27.5 Å². The fourth-order valence-corrected chi connectivity index (χ4v) is 4.64. The summed E-state index contributed by atoms with van der Waals surface area (Å²) in [5.41, 5.74) is 1.11. The Kier molecular flexibility index (Phi) is 7.77. The quantitative estimate of drug-likeness (QED) is 0.432. The summed E-state index contributed by atoms with van der Waals surface area (Å²) in [4.78, 5) is 13.1. The summed E-state index contributed by atoms with van der Waals surface area (Å²) in [5.74, 6) is 0.384. The van der Waals surface area contributed by atoms with E-state index in [1.165, 1.54) is 36.4 Å². The average molecular weight is 474 g/mol. The molecule has 0 N–H and O–H groups in total. The smallest absolute Gasteiger partial charge is 0.278 e. The molecule has 0 radical (unpaired) electrons. The summed E-state index contributed by atoms with van der Waals surface area (Å²) >= 11 is 5.90. The Hall–Kier alpha value is -3.03. The first-order chi connectivity index (χ1) is 15.4. The maximum Gasteiger partial charge on any atom is 0.278 e. The van der Waals surface area contributed by atoms with Gasteiger partial charge in [0.25, 0.3) is 15.9 Å². The van der Waals surface area contributed by atoms with Crippen molar-refractivity contribution >= 4 is 33.2 Å². The maximum atomic E-state index is 13.4. The molecule has 0 saturated carbocycles. The van der Waals surface area contributed by atoms with Crippen LogP contribution in [0.25, 0.3) is 0 Å². The molecule has 3 rings (SSSR count). The Balaban J connectivity index is 1.95. The van der Waals surface area contributed by atoms with Gasteiger partial charge in [0.2, 0.25) is 0 Å². The Morgan fingerprint density at radius 2 is 1.56 bits per heavy atom. The maximum absolute atomic E-state index is 13.4. The number of hydrogen-bond acceptors (Lipinski definition) is 5. The van der Waals surface area contributed by atoms with Crippen LogP contribution >= 0.6 is 11.6 Å². The highest BCUT2D eigenvalue weighted by molar-refractivity contribution is 7.93. The number of hydrogen-bond donors (Lipinski definition) is 0. The van der Waals surface area contributed by atoms with E-state index in [1.807, 2.05) is 26.0 Å². The molecule has 0 aliphatic heterocycles. The van der Waals surface area contributed by atoms with E-state index in [0.29, 0.717) is 23.1 Å². The van der Waals surface area contributed by atoms with Crippen molar-refractivity contribution < 1.29 is 22.7 Å². The lowest BCUT2D eigenvalue weighted by Crippen LogP contribution is -2.40. The minimum atomic E-state index is -4.21. The van der Waals surface area contributed by atoms with Crippen molar-refractivity contribution in [3.05, 3.63) is 83.4 Å². The fourth-order valence-electron chi connectivity index (χ4n) is 3.11. The first-order valence-corrected chi connectivity index (χ1v) is 12.0. The minimum Gasteiger partial charge on any atom is -0.494 e. The molecule has 8 heteroatoms. The number of anilines is 1. The lowest BCUT2D eigenvalue weighted by molar-refractivity contribution is -0.119. The molecule has 0 atom stereocenters. The molecular weight excluding hydrogens is 450 g/mol. The number of para-hydroxylation sites is 1. The lowest BCUT2D eigenvalue weighted by atomic mass is 10.1. The van der Waals surface area contributed by atoms with Gasteiger partial charge in [0.15, 0.2) is 6.61 Å². The molecule has 3 aromatic rings. The van der Waals surface area contributed by atoms with Gasteiger partial charge in [-0.05, 0) is 73.5 Å². The highest BCUT2D eigenvalue weighted by atomic mass is 35.5. The van der Waals surface area contributed by atoms with Gasteiger partial charge in [-0.1, -0.05) is 36.7 Å². The van der Waals surface area contributed by atoms with Gasteiger partial charge in [-0.2, -0.15) is 4.31 Å². The number of halogens is 1. The van der Waals surface area contributed by atoms with E-state index in [-0.39, 0.29) is 10.6 Å². The molecular formula is C24H24ClNO5S. The van der Waals surface area contributed by atoms with Gasteiger partial charge in [0, 0.05) is 5.02 Å². The fraction of sp³-hybridized carbons (Fsp3) is 0.208. The molecule has 3 aromatic carbocycles. The molecule has 1 amide bonds. The summed E-state index contributed by atoms with van der Waals surface area (Å²) in [5, 5.41) is 0.391. The predicted molar refractivity (Wildman–Crippen MR) is 125 cm³/mol. The molecule has 0 unspecified atom stereocenters. The van der Waals surface area contributed by atoms with E-state index in [2.05, 4.69) is 0 Å². The summed E-state index contributed by atoms with van der Waals surface area (Å²) in [6.07, 6.45) is 0.718. The van der Waals surface area contributed by atoms with Crippen LogP contribution in [0.1, 0.15) is 19.4 Å². The van der Waals surface area contributed by atoms with Crippen LogP contribution in [0.3, 0.4) is 0 Å². The first-order valence-electron chi connectivity index (χ1n) is 10.1. The van der Waals surface area contributed by atoms with Crippen molar-refractivity contribution in [3.8, 4) is 11.5 Å². The average Bonchev–Trinajstić information content (AvgIpc) is 2.79. The lowest BCUT2D eigenvalue weighted by Gasteiger charge is -2.23. The largest absolute Gasteiger partial charge is 0.494 e. The second-order valence-corrected chi connectivity index (χ2v) is 9.02. The number of amides is 1. The summed E-state index contributed by atoms with van der Waals surface area (Å²) < 4.78 is 38.7. The normalized spacial score (nSPS) is 11.1. The van der Waals surface area contributed by atoms with Gasteiger partial charge in [-0.3, -0.25) is 4.79 Å².